The highest BCUT2D eigenvalue weighted by Crippen LogP contribution is 2.36. The first-order chi connectivity index (χ1) is 7.86. The van der Waals surface area contributed by atoms with Crippen molar-refractivity contribution in [2.45, 2.75) is 30.2 Å². The van der Waals surface area contributed by atoms with Gasteiger partial charge in [-0.2, -0.15) is 0 Å². The third-order valence-corrected chi connectivity index (χ3v) is 5.07. The van der Waals surface area contributed by atoms with Crippen molar-refractivity contribution < 1.29 is 13.2 Å². The van der Waals surface area contributed by atoms with Gasteiger partial charge < -0.3 is 4.74 Å². The van der Waals surface area contributed by atoms with Gasteiger partial charge in [0.2, 0.25) is 10.0 Å². The van der Waals surface area contributed by atoms with E-state index in [1.165, 1.54) is 13.2 Å². The van der Waals surface area contributed by atoms with E-state index in [9.17, 15) is 8.42 Å². The number of ether oxygens (including phenoxy) is 1. The summed E-state index contributed by atoms with van der Waals surface area (Å²) in [6.07, 6.45) is 1.78. The summed E-state index contributed by atoms with van der Waals surface area (Å²) in [5, 5.41) is 0. The summed E-state index contributed by atoms with van der Waals surface area (Å²) in [5.41, 5.74) is -0.259. The Bertz CT molecular complexity index is 538. The Morgan fingerprint density at radius 2 is 2.06 bits per heavy atom. The number of methoxy groups -OCH3 is 1. The first-order valence-electron chi connectivity index (χ1n) is 5.24. The van der Waals surface area contributed by atoms with E-state index in [0.717, 1.165) is 12.8 Å². The van der Waals surface area contributed by atoms with E-state index in [4.69, 9.17) is 4.74 Å². The Kier molecular flexibility index (Phi) is 3.22. The number of hydrogen-bond acceptors (Lipinski definition) is 3. The SMILES string of the molecule is COc1ccc(S(=O)(=O)NC2(C)CC2)cc1Br. The highest BCUT2D eigenvalue weighted by Gasteiger charge is 2.41. The van der Waals surface area contributed by atoms with E-state index in [-0.39, 0.29) is 10.4 Å². The predicted molar refractivity (Wildman–Crippen MR) is 68.7 cm³/mol. The van der Waals surface area contributed by atoms with Gasteiger partial charge in [0.15, 0.2) is 0 Å². The van der Waals surface area contributed by atoms with E-state index >= 15 is 0 Å². The smallest absolute Gasteiger partial charge is 0.241 e. The first kappa shape index (κ1) is 12.9. The number of hydrogen-bond donors (Lipinski definition) is 1. The quantitative estimate of drug-likeness (QED) is 0.926. The molecule has 4 nitrogen and oxygen atoms in total. The molecule has 2 rings (SSSR count). The van der Waals surface area contributed by atoms with Crippen LogP contribution in [0.4, 0.5) is 0 Å². The molecule has 1 aromatic rings. The normalized spacial score (nSPS) is 17.8. The summed E-state index contributed by atoms with van der Waals surface area (Å²) < 4.78 is 32.5. The maximum Gasteiger partial charge on any atom is 0.241 e. The summed E-state index contributed by atoms with van der Waals surface area (Å²) in [6.45, 7) is 1.91. The Morgan fingerprint density at radius 1 is 1.41 bits per heavy atom. The number of rotatable bonds is 4. The van der Waals surface area contributed by atoms with Crippen LogP contribution in [0.2, 0.25) is 0 Å². The lowest BCUT2D eigenvalue weighted by atomic mass is 10.3. The van der Waals surface area contributed by atoms with Crippen molar-refractivity contribution >= 4 is 26.0 Å². The van der Waals surface area contributed by atoms with Crippen LogP contribution in [0.25, 0.3) is 0 Å². The van der Waals surface area contributed by atoms with Gasteiger partial charge in [0, 0.05) is 5.54 Å². The molecule has 0 aromatic heterocycles. The summed E-state index contributed by atoms with van der Waals surface area (Å²) in [7, 11) is -1.90. The Labute approximate surface area is 110 Å². The molecule has 0 amide bonds. The van der Waals surface area contributed by atoms with Gasteiger partial charge >= 0.3 is 0 Å². The van der Waals surface area contributed by atoms with Crippen LogP contribution >= 0.6 is 15.9 Å². The number of sulfonamides is 1. The Balaban J connectivity index is 2.30. The molecule has 94 valence electrons. The number of benzene rings is 1. The number of halogens is 1. The van der Waals surface area contributed by atoms with Crippen LogP contribution < -0.4 is 9.46 Å². The standard InChI is InChI=1S/C11H14BrNO3S/c1-11(5-6-11)13-17(14,15)8-3-4-10(16-2)9(12)7-8/h3-4,7,13H,5-6H2,1-2H3. The van der Waals surface area contributed by atoms with E-state index in [1.54, 1.807) is 12.1 Å². The summed E-state index contributed by atoms with van der Waals surface area (Å²) in [6, 6.07) is 4.72. The molecule has 1 fully saturated rings. The fourth-order valence-electron chi connectivity index (χ4n) is 1.49. The molecule has 1 aliphatic carbocycles. The molecular weight excluding hydrogens is 306 g/mol. The number of nitrogens with one attached hydrogen (secondary N) is 1. The van der Waals surface area contributed by atoms with E-state index < -0.39 is 10.0 Å². The minimum absolute atomic E-state index is 0.248. The van der Waals surface area contributed by atoms with Crippen LogP contribution in [0.5, 0.6) is 5.75 Å². The maximum atomic E-state index is 12.1. The van der Waals surface area contributed by atoms with Crippen LogP contribution in [-0.2, 0) is 10.0 Å². The van der Waals surface area contributed by atoms with Gasteiger partial charge in [-0.15, -0.1) is 0 Å². The lowest BCUT2D eigenvalue weighted by molar-refractivity contribution is 0.411. The summed E-state index contributed by atoms with van der Waals surface area (Å²) in [4.78, 5) is 0.248. The predicted octanol–water partition coefficient (Wildman–Crippen LogP) is 2.29. The third-order valence-electron chi connectivity index (χ3n) is 2.81. The average Bonchev–Trinajstić information content (AvgIpc) is 2.94. The van der Waals surface area contributed by atoms with Gasteiger partial charge in [0.25, 0.3) is 0 Å². The molecular formula is C11H14BrNO3S. The molecule has 17 heavy (non-hydrogen) atoms. The molecule has 0 radical (unpaired) electrons. The molecule has 0 spiro atoms. The van der Waals surface area contributed by atoms with Gasteiger partial charge in [0.1, 0.15) is 5.75 Å². The fraction of sp³-hybridized carbons (Fsp3) is 0.455. The molecule has 1 aliphatic rings. The van der Waals surface area contributed by atoms with Crippen LogP contribution in [0.15, 0.2) is 27.6 Å². The average molecular weight is 320 g/mol. The largest absolute Gasteiger partial charge is 0.496 e. The first-order valence-corrected chi connectivity index (χ1v) is 7.51. The maximum absolute atomic E-state index is 12.1. The van der Waals surface area contributed by atoms with Gasteiger partial charge in [0.05, 0.1) is 16.5 Å². The summed E-state index contributed by atoms with van der Waals surface area (Å²) >= 11 is 3.28. The molecule has 0 bridgehead atoms. The van der Waals surface area contributed by atoms with Crippen LogP contribution in [0, 0.1) is 0 Å². The van der Waals surface area contributed by atoms with E-state index in [1.807, 2.05) is 6.92 Å². The Morgan fingerprint density at radius 3 is 2.53 bits per heavy atom. The Hall–Kier alpha value is -0.590. The lowest BCUT2D eigenvalue weighted by Crippen LogP contribution is -2.34. The van der Waals surface area contributed by atoms with Crippen LogP contribution in [0.1, 0.15) is 19.8 Å². The highest BCUT2D eigenvalue weighted by molar-refractivity contribution is 9.10. The van der Waals surface area contributed by atoms with Crippen molar-refractivity contribution in [3.63, 3.8) is 0 Å². The van der Waals surface area contributed by atoms with Gasteiger partial charge in [-0.3, -0.25) is 0 Å². The molecule has 0 atom stereocenters. The zero-order valence-corrected chi connectivity index (χ0v) is 12.1. The molecule has 0 aliphatic heterocycles. The van der Waals surface area contributed by atoms with Crippen molar-refractivity contribution in [2.75, 3.05) is 7.11 Å². The van der Waals surface area contributed by atoms with Gasteiger partial charge in [-0.25, -0.2) is 13.1 Å². The minimum atomic E-state index is -3.44. The second kappa shape index (κ2) is 4.26. The van der Waals surface area contributed by atoms with E-state index in [0.29, 0.717) is 10.2 Å². The minimum Gasteiger partial charge on any atom is -0.496 e. The molecule has 0 heterocycles. The molecule has 6 heteroatoms. The lowest BCUT2D eigenvalue weighted by Gasteiger charge is -2.13. The van der Waals surface area contributed by atoms with E-state index in [2.05, 4.69) is 20.7 Å². The van der Waals surface area contributed by atoms with Crippen molar-refractivity contribution in [3.05, 3.63) is 22.7 Å². The second-order valence-corrected chi connectivity index (χ2v) is 7.00. The molecule has 1 N–H and O–H groups in total. The molecule has 1 aromatic carbocycles. The van der Waals surface area contributed by atoms with Crippen LogP contribution in [-0.4, -0.2) is 21.1 Å². The van der Waals surface area contributed by atoms with Gasteiger partial charge in [-0.1, -0.05) is 0 Å². The molecule has 1 saturated carbocycles. The third kappa shape index (κ3) is 2.81. The van der Waals surface area contributed by atoms with Crippen molar-refractivity contribution in [1.82, 2.24) is 4.72 Å². The van der Waals surface area contributed by atoms with Crippen molar-refractivity contribution in [1.29, 1.82) is 0 Å². The summed E-state index contributed by atoms with van der Waals surface area (Å²) in [5.74, 6) is 0.613. The monoisotopic (exact) mass is 319 g/mol. The van der Waals surface area contributed by atoms with Crippen molar-refractivity contribution in [3.8, 4) is 5.75 Å². The molecule has 0 saturated heterocycles. The second-order valence-electron chi connectivity index (χ2n) is 4.46. The highest BCUT2D eigenvalue weighted by atomic mass is 79.9. The zero-order chi connectivity index (χ0) is 12.7. The zero-order valence-electron chi connectivity index (χ0n) is 9.66. The van der Waals surface area contributed by atoms with Crippen molar-refractivity contribution in [2.24, 2.45) is 0 Å². The topological polar surface area (TPSA) is 55.4 Å². The van der Waals surface area contributed by atoms with Crippen LogP contribution in [0.3, 0.4) is 0 Å². The fourth-order valence-corrected chi connectivity index (χ4v) is 3.67. The molecule has 0 unspecified atom stereocenters. The van der Waals surface area contributed by atoms with Gasteiger partial charge in [-0.05, 0) is 53.9 Å².